The molecule has 0 aliphatic heterocycles. The molecule has 0 aromatic heterocycles. The van der Waals surface area contributed by atoms with Crippen LogP contribution in [0, 0.1) is 0 Å². The van der Waals surface area contributed by atoms with Crippen molar-refractivity contribution < 1.29 is 26.7 Å². The minimum absolute atomic E-state index is 0. The van der Waals surface area contributed by atoms with Gasteiger partial charge in [-0.3, -0.25) is 9.59 Å². The molecular weight excluding hydrogens is 148 g/mol. The monoisotopic (exact) mass is 156 g/mol. The zero-order valence-electron chi connectivity index (χ0n) is 4.88. The van der Waals surface area contributed by atoms with Crippen LogP contribution in [-0.2, 0) is 26.7 Å². The van der Waals surface area contributed by atoms with Crippen molar-refractivity contribution in [2.45, 2.75) is 20.3 Å². The Labute approximate surface area is 59.1 Å². The van der Waals surface area contributed by atoms with E-state index in [4.69, 9.17) is 0 Å². The van der Waals surface area contributed by atoms with E-state index in [9.17, 15) is 9.59 Å². The minimum Gasteiger partial charge on any atom is -0.300 e. The molecule has 8 heavy (non-hydrogen) atoms. The van der Waals surface area contributed by atoms with E-state index < -0.39 is 0 Å². The van der Waals surface area contributed by atoms with E-state index in [2.05, 4.69) is 0 Å². The van der Waals surface area contributed by atoms with Crippen molar-refractivity contribution in [2.75, 3.05) is 0 Å². The summed E-state index contributed by atoms with van der Waals surface area (Å²) in [4.78, 5) is 20.1. The van der Waals surface area contributed by atoms with E-state index in [1.54, 1.807) is 0 Å². The summed E-state index contributed by atoms with van der Waals surface area (Å²) in [5.41, 5.74) is 0. The van der Waals surface area contributed by atoms with E-state index in [1.807, 2.05) is 0 Å². The Balaban J connectivity index is 0. The van der Waals surface area contributed by atoms with Gasteiger partial charge in [0, 0.05) is 0 Å². The van der Waals surface area contributed by atoms with E-state index in [0.29, 0.717) is 0 Å². The van der Waals surface area contributed by atoms with Gasteiger partial charge in [-0.2, -0.15) is 0 Å². The second kappa shape index (κ2) is 5.01. The van der Waals surface area contributed by atoms with Crippen LogP contribution in [0.5, 0.6) is 0 Å². The topological polar surface area (TPSA) is 34.1 Å². The summed E-state index contributed by atoms with van der Waals surface area (Å²) in [5.74, 6) is -0.125. The zero-order valence-corrected chi connectivity index (χ0v) is 5.98. The van der Waals surface area contributed by atoms with Gasteiger partial charge in [0.1, 0.15) is 11.6 Å². The minimum atomic E-state index is -0.0625. The molecule has 0 radical (unpaired) electrons. The Kier molecular flexibility index (Phi) is 6.74. The molecule has 0 rings (SSSR count). The summed E-state index contributed by atoms with van der Waals surface area (Å²) < 4.78 is 0. The fourth-order valence-electron chi connectivity index (χ4n) is 0.351. The Hall–Kier alpha value is -0.141. The van der Waals surface area contributed by atoms with Crippen LogP contribution >= 0.6 is 0 Å². The molecule has 0 unspecified atom stereocenters. The zero-order chi connectivity index (χ0) is 5.86. The van der Waals surface area contributed by atoms with Gasteiger partial charge in [-0.1, -0.05) is 0 Å². The number of rotatable bonds is 2. The normalized spacial score (nSPS) is 7.25. The van der Waals surface area contributed by atoms with Gasteiger partial charge in [-0.05, 0) is 13.8 Å². The summed E-state index contributed by atoms with van der Waals surface area (Å²) in [6.45, 7) is 2.81. The molecule has 46 valence electrons. The second-order valence-corrected chi connectivity index (χ2v) is 1.58. The van der Waals surface area contributed by atoms with Crippen molar-refractivity contribution in [3.63, 3.8) is 0 Å². The molecule has 0 spiro atoms. The SMILES string of the molecule is CC(=O)CC(C)=O.[Fe+2]. The second-order valence-electron chi connectivity index (χ2n) is 1.58. The molecule has 0 saturated carbocycles. The quantitative estimate of drug-likeness (QED) is 0.432. The van der Waals surface area contributed by atoms with Crippen molar-refractivity contribution in [2.24, 2.45) is 0 Å². The number of carbonyl (C=O) groups excluding carboxylic acids is 2. The van der Waals surface area contributed by atoms with Crippen LogP contribution in [0.2, 0.25) is 0 Å². The predicted octanol–water partition coefficient (Wildman–Crippen LogP) is 0.552. The van der Waals surface area contributed by atoms with Gasteiger partial charge in [0.05, 0.1) is 6.42 Å². The first-order valence-corrected chi connectivity index (χ1v) is 2.12. The van der Waals surface area contributed by atoms with E-state index in [-0.39, 0.29) is 35.1 Å². The third-order valence-electron chi connectivity index (χ3n) is 0.498. The van der Waals surface area contributed by atoms with Gasteiger partial charge in [0.2, 0.25) is 0 Å². The molecule has 0 bridgehead atoms. The smallest absolute Gasteiger partial charge is 0.300 e. The maximum absolute atomic E-state index is 10.0. The molecule has 0 aromatic carbocycles. The molecule has 0 amide bonds. The van der Waals surface area contributed by atoms with Crippen molar-refractivity contribution in [1.82, 2.24) is 0 Å². The Morgan fingerprint density at radius 3 is 1.38 bits per heavy atom. The third kappa shape index (κ3) is 9.29. The fraction of sp³-hybridized carbons (Fsp3) is 0.600. The first-order chi connectivity index (χ1) is 3.13. The Morgan fingerprint density at radius 1 is 1.12 bits per heavy atom. The molecule has 0 atom stereocenters. The summed E-state index contributed by atoms with van der Waals surface area (Å²) in [5, 5.41) is 0. The van der Waals surface area contributed by atoms with Crippen LogP contribution in [0.15, 0.2) is 0 Å². The van der Waals surface area contributed by atoms with E-state index in [0.717, 1.165) is 0 Å². The van der Waals surface area contributed by atoms with Gasteiger partial charge in [0.25, 0.3) is 0 Å². The molecule has 0 aliphatic rings. The molecule has 0 N–H and O–H groups in total. The molecule has 0 aromatic rings. The molecule has 0 heterocycles. The van der Waals surface area contributed by atoms with Crippen molar-refractivity contribution >= 4 is 11.6 Å². The summed E-state index contributed by atoms with van der Waals surface area (Å²) >= 11 is 0. The Morgan fingerprint density at radius 2 is 1.38 bits per heavy atom. The van der Waals surface area contributed by atoms with Crippen molar-refractivity contribution in [1.29, 1.82) is 0 Å². The van der Waals surface area contributed by atoms with Crippen LogP contribution in [-0.4, -0.2) is 11.6 Å². The number of Topliss-reactive ketones (excluding diaryl/α,β-unsaturated/α-hetero) is 2. The average molecular weight is 156 g/mol. The van der Waals surface area contributed by atoms with Gasteiger partial charge in [-0.15, -0.1) is 0 Å². The largest absolute Gasteiger partial charge is 2.00 e. The molecule has 2 nitrogen and oxygen atoms in total. The molecular formula is C5H8FeO2+2. The third-order valence-corrected chi connectivity index (χ3v) is 0.498. The standard InChI is InChI=1S/C5H8O2.Fe/c1-4(6)3-5(2)7;/h3H2,1-2H3;/q;+2. The van der Waals surface area contributed by atoms with Gasteiger partial charge in [-0.25, -0.2) is 0 Å². The Bertz CT molecular complexity index is 86.6. The number of carbonyl (C=O) groups is 2. The van der Waals surface area contributed by atoms with Crippen LogP contribution in [0.25, 0.3) is 0 Å². The van der Waals surface area contributed by atoms with Crippen LogP contribution in [0.1, 0.15) is 20.3 Å². The van der Waals surface area contributed by atoms with Crippen molar-refractivity contribution in [3.8, 4) is 0 Å². The predicted molar refractivity (Wildman–Crippen MR) is 26.0 cm³/mol. The summed E-state index contributed by atoms with van der Waals surface area (Å²) in [7, 11) is 0. The number of hydrogen-bond acceptors (Lipinski definition) is 2. The maximum atomic E-state index is 10.0. The van der Waals surface area contributed by atoms with E-state index >= 15 is 0 Å². The first kappa shape index (κ1) is 10.8. The molecule has 3 heteroatoms. The maximum Gasteiger partial charge on any atom is 2.00 e. The van der Waals surface area contributed by atoms with Crippen LogP contribution < -0.4 is 0 Å². The number of hydrogen-bond donors (Lipinski definition) is 0. The van der Waals surface area contributed by atoms with Gasteiger partial charge >= 0.3 is 17.1 Å². The summed E-state index contributed by atoms with van der Waals surface area (Å²) in [6, 6.07) is 0. The number of ketones is 2. The molecule has 0 saturated heterocycles. The average Bonchev–Trinajstić information content (AvgIpc) is 1.27. The van der Waals surface area contributed by atoms with Crippen molar-refractivity contribution in [3.05, 3.63) is 0 Å². The summed E-state index contributed by atoms with van der Waals surface area (Å²) in [6.07, 6.45) is 0.0833. The molecule has 0 fully saturated rings. The van der Waals surface area contributed by atoms with Gasteiger partial charge in [0.15, 0.2) is 0 Å². The van der Waals surface area contributed by atoms with Crippen LogP contribution in [0.3, 0.4) is 0 Å². The van der Waals surface area contributed by atoms with Gasteiger partial charge < -0.3 is 0 Å². The van der Waals surface area contributed by atoms with Crippen LogP contribution in [0.4, 0.5) is 0 Å². The first-order valence-electron chi connectivity index (χ1n) is 2.12. The fourth-order valence-corrected chi connectivity index (χ4v) is 0.351. The molecule has 0 aliphatic carbocycles. The van der Waals surface area contributed by atoms with E-state index in [1.165, 1.54) is 13.8 Å².